The smallest absolute Gasteiger partial charge is 0.228 e. The Balaban J connectivity index is 0.00000288. The average Bonchev–Trinajstić information content (AvgIpc) is 2.55. The molecule has 6 heteroatoms. The summed E-state index contributed by atoms with van der Waals surface area (Å²) in [6.45, 7) is 7.51. The van der Waals surface area contributed by atoms with Crippen LogP contribution in [-0.2, 0) is 9.53 Å². The zero-order valence-electron chi connectivity index (χ0n) is 14.7. The van der Waals surface area contributed by atoms with Gasteiger partial charge < -0.3 is 20.5 Å². The van der Waals surface area contributed by atoms with Gasteiger partial charge in [0.1, 0.15) is 5.75 Å². The lowest BCUT2D eigenvalue weighted by Gasteiger charge is -2.35. The molecule has 1 unspecified atom stereocenters. The fourth-order valence-corrected chi connectivity index (χ4v) is 2.85. The highest BCUT2D eigenvalue weighted by molar-refractivity contribution is 5.85. The first-order valence-corrected chi connectivity index (χ1v) is 8.32. The summed E-state index contributed by atoms with van der Waals surface area (Å²) >= 11 is 0. The van der Waals surface area contributed by atoms with Crippen molar-refractivity contribution < 1.29 is 14.3 Å². The van der Waals surface area contributed by atoms with Crippen LogP contribution < -0.4 is 15.8 Å². The molecule has 1 aromatic rings. The number of hydrogen-bond acceptors (Lipinski definition) is 4. The molecule has 0 radical (unpaired) electrons. The molecule has 1 aromatic carbocycles. The summed E-state index contributed by atoms with van der Waals surface area (Å²) in [5, 5.41) is 3.11. The molecule has 1 aliphatic rings. The number of ether oxygens (including phenoxy) is 2. The molecule has 0 aliphatic carbocycles. The molecule has 0 bridgehead atoms. The van der Waals surface area contributed by atoms with Crippen LogP contribution in [0.2, 0.25) is 0 Å². The van der Waals surface area contributed by atoms with E-state index in [2.05, 4.69) is 5.32 Å². The van der Waals surface area contributed by atoms with E-state index in [1.54, 1.807) is 0 Å². The number of carbonyl (C=O) groups excluding carboxylic acids is 1. The lowest BCUT2D eigenvalue weighted by atomic mass is 9.79. The summed E-state index contributed by atoms with van der Waals surface area (Å²) in [6.07, 6.45) is 1.48. The molecule has 5 nitrogen and oxygen atoms in total. The third-order valence-electron chi connectivity index (χ3n) is 4.40. The van der Waals surface area contributed by atoms with Gasteiger partial charge in [-0.15, -0.1) is 12.4 Å². The van der Waals surface area contributed by atoms with Crippen molar-refractivity contribution >= 4 is 18.3 Å². The summed E-state index contributed by atoms with van der Waals surface area (Å²) in [5.41, 5.74) is 6.42. The molecule has 1 atom stereocenters. The van der Waals surface area contributed by atoms with Gasteiger partial charge in [0, 0.05) is 19.8 Å². The van der Waals surface area contributed by atoms with Crippen LogP contribution in [0.1, 0.15) is 45.2 Å². The van der Waals surface area contributed by atoms with E-state index in [1.807, 2.05) is 45.0 Å². The number of hydrogen-bond donors (Lipinski definition) is 2. The maximum atomic E-state index is 12.7. The highest BCUT2D eigenvalue weighted by atomic mass is 35.5. The van der Waals surface area contributed by atoms with Gasteiger partial charge in [-0.25, -0.2) is 0 Å². The van der Waals surface area contributed by atoms with Gasteiger partial charge in [-0.1, -0.05) is 12.1 Å². The minimum Gasteiger partial charge on any atom is -0.491 e. The van der Waals surface area contributed by atoms with E-state index in [4.69, 9.17) is 15.2 Å². The number of carbonyl (C=O) groups is 1. The topological polar surface area (TPSA) is 73.6 Å². The van der Waals surface area contributed by atoms with E-state index in [9.17, 15) is 4.79 Å². The quantitative estimate of drug-likeness (QED) is 0.822. The Kier molecular flexibility index (Phi) is 8.00. The Morgan fingerprint density at radius 3 is 2.58 bits per heavy atom. The Morgan fingerprint density at radius 2 is 2.00 bits per heavy atom. The number of amides is 1. The Morgan fingerprint density at radius 1 is 1.33 bits per heavy atom. The van der Waals surface area contributed by atoms with Gasteiger partial charge in [0.25, 0.3) is 0 Å². The van der Waals surface area contributed by atoms with E-state index in [0.717, 1.165) is 11.3 Å². The molecule has 1 saturated heterocycles. The van der Waals surface area contributed by atoms with Crippen LogP contribution in [0.25, 0.3) is 0 Å². The minimum atomic E-state index is -0.501. The number of nitrogens with one attached hydrogen (secondary N) is 1. The van der Waals surface area contributed by atoms with E-state index >= 15 is 0 Å². The van der Waals surface area contributed by atoms with Crippen molar-refractivity contribution in [3.05, 3.63) is 29.8 Å². The first-order chi connectivity index (χ1) is 11.0. The Bertz CT molecular complexity index is 531. The fraction of sp³-hybridized carbons (Fsp3) is 0.611. The number of halogens is 1. The van der Waals surface area contributed by atoms with Crippen molar-refractivity contribution in [1.29, 1.82) is 0 Å². The first kappa shape index (κ1) is 20.7. The molecular formula is C18H29ClN2O3. The van der Waals surface area contributed by atoms with Crippen molar-refractivity contribution in [3.8, 4) is 5.75 Å². The molecular weight excluding hydrogens is 328 g/mol. The van der Waals surface area contributed by atoms with Crippen LogP contribution >= 0.6 is 12.4 Å². The number of nitrogens with two attached hydrogens (primary N) is 1. The summed E-state index contributed by atoms with van der Waals surface area (Å²) < 4.78 is 11.1. The minimum absolute atomic E-state index is 0. The van der Waals surface area contributed by atoms with Crippen LogP contribution in [0.15, 0.2) is 24.3 Å². The monoisotopic (exact) mass is 356 g/mol. The average molecular weight is 357 g/mol. The molecule has 24 heavy (non-hydrogen) atoms. The van der Waals surface area contributed by atoms with Crippen molar-refractivity contribution in [2.45, 2.75) is 45.8 Å². The lowest BCUT2D eigenvalue weighted by Crippen LogP contribution is -2.49. The zero-order chi connectivity index (χ0) is 16.9. The Labute approximate surface area is 150 Å². The molecule has 2 rings (SSSR count). The van der Waals surface area contributed by atoms with Crippen molar-refractivity contribution in [2.24, 2.45) is 11.1 Å². The maximum absolute atomic E-state index is 12.7. The molecule has 1 amide bonds. The predicted molar refractivity (Wildman–Crippen MR) is 97.6 cm³/mol. The van der Waals surface area contributed by atoms with Crippen molar-refractivity contribution in [2.75, 3.05) is 19.8 Å². The van der Waals surface area contributed by atoms with E-state index < -0.39 is 5.41 Å². The van der Waals surface area contributed by atoms with E-state index in [0.29, 0.717) is 32.6 Å². The third-order valence-corrected chi connectivity index (χ3v) is 4.40. The van der Waals surface area contributed by atoms with Crippen LogP contribution in [0.4, 0.5) is 0 Å². The van der Waals surface area contributed by atoms with Gasteiger partial charge in [-0.2, -0.15) is 0 Å². The second-order valence-corrected chi connectivity index (χ2v) is 6.53. The molecule has 0 aromatic heterocycles. The van der Waals surface area contributed by atoms with Gasteiger partial charge in [0.15, 0.2) is 0 Å². The molecule has 1 aliphatic heterocycles. The van der Waals surface area contributed by atoms with Gasteiger partial charge >= 0.3 is 0 Å². The van der Waals surface area contributed by atoms with Gasteiger partial charge in [0.2, 0.25) is 5.91 Å². The van der Waals surface area contributed by atoms with Crippen LogP contribution in [0.3, 0.4) is 0 Å². The van der Waals surface area contributed by atoms with Crippen molar-refractivity contribution in [1.82, 2.24) is 5.32 Å². The summed E-state index contributed by atoms with van der Waals surface area (Å²) in [5.74, 6) is 0.837. The van der Waals surface area contributed by atoms with E-state index in [-0.39, 0.29) is 30.5 Å². The highest BCUT2D eigenvalue weighted by Crippen LogP contribution is 2.31. The molecule has 0 saturated carbocycles. The normalized spacial score (nSPS) is 17.7. The zero-order valence-corrected chi connectivity index (χ0v) is 15.5. The third kappa shape index (κ3) is 5.10. The molecule has 0 spiro atoms. The lowest BCUT2D eigenvalue weighted by molar-refractivity contribution is -0.136. The van der Waals surface area contributed by atoms with Gasteiger partial charge in [-0.05, 0) is 51.3 Å². The van der Waals surface area contributed by atoms with Crippen molar-refractivity contribution in [3.63, 3.8) is 0 Å². The largest absolute Gasteiger partial charge is 0.491 e. The van der Waals surface area contributed by atoms with Gasteiger partial charge in [-0.3, -0.25) is 4.79 Å². The SMILES string of the molecule is CC(C)Oc1cccc(C(C)NC(=O)C2(CN)CCOCC2)c1.Cl. The number of benzene rings is 1. The second-order valence-electron chi connectivity index (χ2n) is 6.53. The first-order valence-electron chi connectivity index (χ1n) is 8.32. The summed E-state index contributed by atoms with van der Waals surface area (Å²) in [4.78, 5) is 12.7. The summed E-state index contributed by atoms with van der Waals surface area (Å²) in [7, 11) is 0. The van der Waals surface area contributed by atoms with Crippen LogP contribution in [-0.4, -0.2) is 31.8 Å². The standard InChI is InChI=1S/C18H28N2O3.ClH/c1-13(2)23-16-6-4-5-15(11-16)14(3)20-17(21)18(12-19)7-9-22-10-8-18;/h4-6,11,13-14H,7-10,12,19H2,1-3H3,(H,20,21);1H. The highest BCUT2D eigenvalue weighted by Gasteiger charge is 2.39. The Hall–Kier alpha value is -1.30. The second kappa shape index (κ2) is 9.25. The maximum Gasteiger partial charge on any atom is 0.228 e. The van der Waals surface area contributed by atoms with E-state index in [1.165, 1.54) is 0 Å². The summed E-state index contributed by atoms with van der Waals surface area (Å²) in [6, 6.07) is 7.76. The molecule has 1 fully saturated rings. The van der Waals surface area contributed by atoms with Gasteiger partial charge in [0.05, 0.1) is 17.6 Å². The van der Waals surface area contributed by atoms with Crippen LogP contribution in [0.5, 0.6) is 5.75 Å². The molecule has 1 heterocycles. The number of rotatable bonds is 6. The predicted octanol–water partition coefficient (Wildman–Crippen LogP) is 2.83. The fourth-order valence-electron chi connectivity index (χ4n) is 2.85. The molecule has 3 N–H and O–H groups in total. The molecule has 136 valence electrons. The van der Waals surface area contributed by atoms with Crippen LogP contribution in [0, 0.1) is 5.41 Å².